The van der Waals surface area contributed by atoms with E-state index < -0.39 is 23.4 Å². The van der Waals surface area contributed by atoms with Crippen molar-refractivity contribution in [2.24, 2.45) is 0 Å². The summed E-state index contributed by atoms with van der Waals surface area (Å²) < 4.78 is 11.0. The quantitative estimate of drug-likeness (QED) is 0.516. The first-order chi connectivity index (χ1) is 15.8. The first-order valence-electron chi connectivity index (χ1n) is 11.4. The molecule has 0 heterocycles. The van der Waals surface area contributed by atoms with Crippen LogP contribution in [0.3, 0.4) is 0 Å². The van der Waals surface area contributed by atoms with E-state index in [9.17, 15) is 14.4 Å². The van der Waals surface area contributed by atoms with Crippen LogP contribution in [-0.4, -0.2) is 52.1 Å². The molecule has 0 atom stereocenters. The number of nitrogens with zero attached hydrogens (tertiary/aromatic N) is 2. The van der Waals surface area contributed by atoms with Gasteiger partial charge in [0.1, 0.15) is 11.2 Å². The fourth-order valence-corrected chi connectivity index (χ4v) is 3.11. The summed E-state index contributed by atoms with van der Waals surface area (Å²) in [7, 11) is 0. The minimum absolute atomic E-state index is 0.197. The van der Waals surface area contributed by atoms with Gasteiger partial charge in [-0.25, -0.2) is 9.59 Å². The predicted octanol–water partition coefficient (Wildman–Crippen LogP) is 5.43. The van der Waals surface area contributed by atoms with Crippen LogP contribution in [-0.2, 0) is 27.4 Å². The first-order valence-corrected chi connectivity index (χ1v) is 11.4. The number of carbonyl (C=O) groups is 3. The minimum atomic E-state index is -0.703. The molecule has 0 spiro atoms. The van der Waals surface area contributed by atoms with Crippen LogP contribution in [0.1, 0.15) is 52.7 Å². The third-order valence-electron chi connectivity index (χ3n) is 4.47. The van der Waals surface area contributed by atoms with Gasteiger partial charge in [-0.1, -0.05) is 60.7 Å². The van der Waals surface area contributed by atoms with Crippen molar-refractivity contribution in [3.63, 3.8) is 0 Å². The highest BCUT2D eigenvalue weighted by Crippen LogP contribution is 2.15. The third kappa shape index (κ3) is 10.1. The zero-order valence-corrected chi connectivity index (χ0v) is 21.0. The molecule has 0 aliphatic rings. The average Bonchev–Trinajstić information content (AvgIpc) is 2.72. The molecule has 0 saturated heterocycles. The molecule has 7 heteroatoms. The molecule has 0 unspecified atom stereocenters. The van der Waals surface area contributed by atoms with Crippen molar-refractivity contribution < 1.29 is 23.9 Å². The van der Waals surface area contributed by atoms with Crippen molar-refractivity contribution in [2.75, 3.05) is 13.1 Å². The van der Waals surface area contributed by atoms with Crippen molar-refractivity contribution in [3.8, 4) is 0 Å². The molecule has 0 saturated carbocycles. The van der Waals surface area contributed by atoms with E-state index in [2.05, 4.69) is 0 Å². The SMILES string of the molecule is CC(C)(C)OC(=O)N(CC(=O)CN(Cc1ccccc1)C(=O)OC(C)(C)C)Cc1ccccc1. The Kier molecular flexibility index (Phi) is 9.24. The molecule has 0 radical (unpaired) electrons. The van der Waals surface area contributed by atoms with Crippen molar-refractivity contribution in [1.82, 2.24) is 9.80 Å². The lowest BCUT2D eigenvalue weighted by molar-refractivity contribution is -0.121. The maximum Gasteiger partial charge on any atom is 0.410 e. The molecule has 0 N–H and O–H groups in total. The molecule has 184 valence electrons. The molecule has 0 aliphatic carbocycles. The molecular weight excluding hydrogens is 432 g/mol. The standard InChI is InChI=1S/C27H36N2O5/c1-26(2,3)33-24(31)28(17-21-13-9-7-10-14-21)19-23(30)20-29(25(32)34-27(4,5)6)18-22-15-11-8-12-16-22/h7-16H,17-20H2,1-6H3. The molecule has 0 fully saturated rings. The van der Waals surface area contributed by atoms with Crippen LogP contribution in [0.2, 0.25) is 0 Å². The summed E-state index contributed by atoms with van der Waals surface area (Å²) in [5, 5.41) is 0. The number of ether oxygens (including phenoxy) is 2. The number of benzene rings is 2. The van der Waals surface area contributed by atoms with E-state index >= 15 is 0 Å². The van der Waals surface area contributed by atoms with Crippen molar-refractivity contribution >= 4 is 18.0 Å². The highest BCUT2D eigenvalue weighted by atomic mass is 16.6. The first kappa shape index (κ1) is 26.9. The van der Waals surface area contributed by atoms with Gasteiger partial charge in [-0.2, -0.15) is 0 Å². The van der Waals surface area contributed by atoms with Gasteiger partial charge in [-0.3, -0.25) is 14.6 Å². The van der Waals surface area contributed by atoms with Crippen LogP contribution >= 0.6 is 0 Å². The lowest BCUT2D eigenvalue weighted by atomic mass is 10.2. The Balaban J connectivity index is 2.18. The predicted molar refractivity (Wildman–Crippen MR) is 131 cm³/mol. The third-order valence-corrected chi connectivity index (χ3v) is 4.47. The van der Waals surface area contributed by atoms with E-state index in [1.54, 1.807) is 41.5 Å². The van der Waals surface area contributed by atoms with Crippen LogP contribution in [0.4, 0.5) is 9.59 Å². The summed E-state index contributed by atoms with van der Waals surface area (Å²) in [5.41, 5.74) is 0.333. The summed E-state index contributed by atoms with van der Waals surface area (Å²) in [4.78, 5) is 41.5. The van der Waals surface area contributed by atoms with Gasteiger partial charge in [0.15, 0.2) is 5.78 Å². The van der Waals surface area contributed by atoms with E-state index in [-0.39, 0.29) is 32.0 Å². The van der Waals surface area contributed by atoms with Crippen molar-refractivity contribution in [2.45, 2.75) is 65.8 Å². The Hall–Kier alpha value is -3.35. The second-order valence-corrected chi connectivity index (χ2v) is 10.2. The zero-order valence-electron chi connectivity index (χ0n) is 21.0. The van der Waals surface area contributed by atoms with E-state index in [0.717, 1.165) is 11.1 Å². The van der Waals surface area contributed by atoms with E-state index in [0.29, 0.717) is 0 Å². The molecule has 2 amide bonds. The zero-order chi connectivity index (χ0) is 25.4. The van der Waals surface area contributed by atoms with E-state index in [1.165, 1.54) is 9.80 Å². The number of carbonyl (C=O) groups excluding carboxylic acids is 3. The fourth-order valence-electron chi connectivity index (χ4n) is 3.11. The fraction of sp³-hybridized carbons (Fsp3) is 0.444. The van der Waals surface area contributed by atoms with Gasteiger partial charge in [0, 0.05) is 13.1 Å². The molecule has 34 heavy (non-hydrogen) atoms. The molecule has 2 aromatic carbocycles. The van der Waals surface area contributed by atoms with Gasteiger partial charge in [0.25, 0.3) is 0 Å². The highest BCUT2D eigenvalue weighted by Gasteiger charge is 2.28. The Morgan fingerprint density at radius 3 is 1.24 bits per heavy atom. The minimum Gasteiger partial charge on any atom is -0.444 e. The smallest absolute Gasteiger partial charge is 0.410 e. The Labute approximate surface area is 202 Å². The Morgan fingerprint density at radius 1 is 0.618 bits per heavy atom. The number of ketones is 1. The summed E-state index contributed by atoms with van der Waals surface area (Å²) in [6.07, 6.45) is -1.17. The van der Waals surface area contributed by atoms with Crippen molar-refractivity contribution in [1.29, 1.82) is 0 Å². The summed E-state index contributed by atoms with van der Waals surface area (Å²) in [6.45, 7) is 10.7. The maximum atomic E-state index is 13.1. The van der Waals surface area contributed by atoms with Crippen LogP contribution in [0, 0.1) is 0 Å². The lowest BCUT2D eigenvalue weighted by Crippen LogP contribution is -2.44. The Bertz CT molecular complexity index is 869. The van der Waals surface area contributed by atoms with Gasteiger partial charge < -0.3 is 9.47 Å². The van der Waals surface area contributed by atoms with Crippen LogP contribution in [0.15, 0.2) is 60.7 Å². The van der Waals surface area contributed by atoms with Crippen molar-refractivity contribution in [3.05, 3.63) is 71.8 Å². The summed E-state index contributed by atoms with van der Waals surface area (Å²) in [5.74, 6) is -0.302. The largest absolute Gasteiger partial charge is 0.444 e. The second-order valence-electron chi connectivity index (χ2n) is 10.2. The Morgan fingerprint density at radius 2 is 0.941 bits per heavy atom. The normalized spacial score (nSPS) is 11.5. The molecule has 2 aromatic rings. The molecule has 2 rings (SSSR count). The van der Waals surface area contributed by atoms with Gasteiger partial charge in [0.2, 0.25) is 0 Å². The molecule has 0 aliphatic heterocycles. The lowest BCUT2D eigenvalue weighted by Gasteiger charge is -2.29. The number of rotatable bonds is 8. The maximum absolute atomic E-state index is 13.1. The highest BCUT2D eigenvalue weighted by molar-refractivity contribution is 5.88. The molecule has 7 nitrogen and oxygen atoms in total. The van der Waals surface area contributed by atoms with Crippen LogP contribution in [0.5, 0.6) is 0 Å². The number of hydrogen-bond donors (Lipinski definition) is 0. The molecule has 0 aromatic heterocycles. The van der Waals surface area contributed by atoms with Gasteiger partial charge in [-0.15, -0.1) is 0 Å². The van der Waals surface area contributed by atoms with Gasteiger partial charge in [-0.05, 0) is 52.7 Å². The average molecular weight is 469 g/mol. The second kappa shape index (κ2) is 11.7. The van der Waals surface area contributed by atoms with E-state index in [1.807, 2.05) is 60.7 Å². The number of hydrogen-bond acceptors (Lipinski definition) is 5. The monoisotopic (exact) mass is 468 g/mol. The number of amides is 2. The summed E-state index contributed by atoms with van der Waals surface area (Å²) >= 11 is 0. The molecular formula is C27H36N2O5. The van der Waals surface area contributed by atoms with Crippen LogP contribution in [0.25, 0.3) is 0 Å². The molecule has 0 bridgehead atoms. The van der Waals surface area contributed by atoms with Gasteiger partial charge in [0.05, 0.1) is 13.1 Å². The topological polar surface area (TPSA) is 76.2 Å². The van der Waals surface area contributed by atoms with Crippen LogP contribution < -0.4 is 0 Å². The number of Topliss-reactive ketones (excluding diaryl/α,β-unsaturated/α-hetero) is 1. The van der Waals surface area contributed by atoms with E-state index in [4.69, 9.17) is 9.47 Å². The summed E-state index contributed by atoms with van der Waals surface area (Å²) in [6, 6.07) is 18.8. The van der Waals surface area contributed by atoms with Gasteiger partial charge >= 0.3 is 12.2 Å².